The summed E-state index contributed by atoms with van der Waals surface area (Å²) < 4.78 is 24.6. The van der Waals surface area contributed by atoms with Gasteiger partial charge in [0.05, 0.1) is 20.3 Å². The van der Waals surface area contributed by atoms with E-state index in [1.807, 2.05) is 6.92 Å². The van der Waals surface area contributed by atoms with E-state index in [1.54, 1.807) is 6.07 Å². The van der Waals surface area contributed by atoms with Crippen molar-refractivity contribution in [3.8, 4) is 11.5 Å². The maximum atomic E-state index is 12.3. The Morgan fingerprint density at radius 3 is 2.13 bits per heavy atom. The van der Waals surface area contributed by atoms with Crippen LogP contribution in [0, 0.1) is 0 Å². The summed E-state index contributed by atoms with van der Waals surface area (Å²) in [4.78, 5) is 46.4. The minimum Gasteiger partial charge on any atom is -0.468 e. The Hall–Kier alpha value is -3.14. The predicted molar refractivity (Wildman–Crippen MR) is 104 cm³/mol. The molecule has 0 heterocycles. The minimum atomic E-state index is -1.53. The van der Waals surface area contributed by atoms with Crippen LogP contribution in [0.15, 0.2) is 18.2 Å². The summed E-state index contributed by atoms with van der Waals surface area (Å²) in [5.74, 6) is -1.88. The van der Waals surface area contributed by atoms with Gasteiger partial charge in [-0.2, -0.15) is 0 Å². The molecule has 10 nitrogen and oxygen atoms in total. The molecule has 0 saturated heterocycles. The Morgan fingerprint density at radius 2 is 1.57 bits per heavy atom. The lowest BCUT2D eigenvalue weighted by atomic mass is 9.88. The smallest absolute Gasteiger partial charge is 0.468 e. The van der Waals surface area contributed by atoms with Gasteiger partial charge in [-0.25, -0.2) is 4.79 Å². The van der Waals surface area contributed by atoms with Gasteiger partial charge in [0.25, 0.3) is 0 Å². The van der Waals surface area contributed by atoms with E-state index in [2.05, 4.69) is 0 Å². The van der Waals surface area contributed by atoms with Crippen LogP contribution in [-0.4, -0.2) is 49.9 Å². The molecular weight excluding hydrogens is 398 g/mol. The second kappa shape index (κ2) is 11.8. The molecule has 0 bridgehead atoms. The van der Waals surface area contributed by atoms with Crippen LogP contribution < -0.4 is 15.2 Å². The van der Waals surface area contributed by atoms with E-state index < -0.39 is 29.6 Å². The Balaban J connectivity index is 3.00. The third-order valence-corrected chi connectivity index (χ3v) is 3.82. The summed E-state index contributed by atoms with van der Waals surface area (Å²) in [6.07, 6.45) is -0.282. The quantitative estimate of drug-likeness (QED) is 0.436. The fourth-order valence-electron chi connectivity index (χ4n) is 2.51. The first-order valence-electron chi connectivity index (χ1n) is 9.28. The third kappa shape index (κ3) is 8.08. The van der Waals surface area contributed by atoms with Crippen molar-refractivity contribution >= 4 is 24.1 Å². The highest BCUT2D eigenvalue weighted by Crippen LogP contribution is 2.30. The molecule has 0 saturated carbocycles. The molecule has 0 fully saturated rings. The predicted octanol–water partition coefficient (Wildman–Crippen LogP) is 1.90. The van der Waals surface area contributed by atoms with E-state index in [1.165, 1.54) is 33.1 Å². The van der Waals surface area contributed by atoms with E-state index in [0.717, 1.165) is 0 Å². The van der Waals surface area contributed by atoms with Crippen LogP contribution in [0.25, 0.3) is 0 Å². The Labute approximate surface area is 174 Å². The van der Waals surface area contributed by atoms with E-state index in [9.17, 15) is 19.2 Å². The van der Waals surface area contributed by atoms with Gasteiger partial charge in [0, 0.05) is 26.7 Å². The third-order valence-electron chi connectivity index (χ3n) is 3.82. The van der Waals surface area contributed by atoms with Crippen LogP contribution in [0.4, 0.5) is 4.79 Å². The number of methoxy groups -OCH3 is 1. The van der Waals surface area contributed by atoms with Crippen LogP contribution in [0.3, 0.4) is 0 Å². The average molecular weight is 425 g/mol. The van der Waals surface area contributed by atoms with Gasteiger partial charge in [-0.15, -0.1) is 0 Å². The molecule has 0 spiro atoms. The highest BCUT2D eigenvalue weighted by Gasteiger charge is 2.36. The lowest BCUT2D eigenvalue weighted by molar-refractivity contribution is -0.147. The van der Waals surface area contributed by atoms with Crippen molar-refractivity contribution in [3.63, 3.8) is 0 Å². The van der Waals surface area contributed by atoms with Gasteiger partial charge in [0.2, 0.25) is 0 Å². The van der Waals surface area contributed by atoms with Crippen LogP contribution in [-0.2, 0) is 35.0 Å². The number of carbonyl (C=O) groups is 4. The van der Waals surface area contributed by atoms with Crippen molar-refractivity contribution < 1.29 is 42.9 Å². The largest absolute Gasteiger partial charge is 0.508 e. The van der Waals surface area contributed by atoms with Crippen LogP contribution >= 0.6 is 0 Å². The monoisotopic (exact) mass is 425 g/mol. The highest BCUT2D eigenvalue weighted by atomic mass is 16.7. The molecule has 0 amide bonds. The molecule has 0 unspecified atom stereocenters. The maximum absolute atomic E-state index is 12.3. The summed E-state index contributed by atoms with van der Waals surface area (Å²) in [6, 6.07) is 4.41. The van der Waals surface area contributed by atoms with Crippen molar-refractivity contribution in [1.82, 2.24) is 0 Å². The van der Waals surface area contributed by atoms with Gasteiger partial charge >= 0.3 is 24.1 Å². The number of esters is 3. The molecule has 0 radical (unpaired) electrons. The molecule has 1 aromatic rings. The summed E-state index contributed by atoms with van der Waals surface area (Å²) in [7, 11) is 1.19. The summed E-state index contributed by atoms with van der Waals surface area (Å²) in [5.41, 5.74) is 5.21. The zero-order chi connectivity index (χ0) is 22.7. The molecule has 1 aromatic carbocycles. The second-order valence-corrected chi connectivity index (χ2v) is 6.49. The topological polar surface area (TPSA) is 140 Å². The van der Waals surface area contributed by atoms with Crippen molar-refractivity contribution in [1.29, 1.82) is 0 Å². The SMILES string of the molecule is CCCOC(=O)OCC[C@@](N)(Cc1ccc(OC(C)=O)c(OC(C)=O)c1)C(=O)OC. The molecule has 0 aliphatic carbocycles. The van der Waals surface area contributed by atoms with E-state index in [4.69, 9.17) is 29.4 Å². The molecule has 0 aromatic heterocycles. The number of hydrogen-bond acceptors (Lipinski definition) is 10. The fraction of sp³-hybridized carbons (Fsp3) is 0.500. The Morgan fingerprint density at radius 1 is 0.967 bits per heavy atom. The van der Waals surface area contributed by atoms with E-state index >= 15 is 0 Å². The van der Waals surface area contributed by atoms with Gasteiger partial charge in [0.15, 0.2) is 11.5 Å². The minimum absolute atomic E-state index is 0.00168. The lowest BCUT2D eigenvalue weighted by Crippen LogP contribution is -2.51. The summed E-state index contributed by atoms with van der Waals surface area (Å²) >= 11 is 0. The number of hydrogen-bond donors (Lipinski definition) is 1. The Kier molecular flexibility index (Phi) is 9.76. The molecule has 1 rings (SSSR count). The lowest BCUT2D eigenvalue weighted by Gasteiger charge is -2.26. The van der Waals surface area contributed by atoms with E-state index in [0.29, 0.717) is 12.0 Å². The Bertz CT molecular complexity index is 778. The van der Waals surface area contributed by atoms with Crippen molar-refractivity contribution in [2.75, 3.05) is 20.3 Å². The normalized spacial score (nSPS) is 12.3. The number of carbonyl (C=O) groups excluding carboxylic acids is 4. The zero-order valence-corrected chi connectivity index (χ0v) is 17.5. The number of nitrogens with two attached hydrogens (primary N) is 1. The number of rotatable bonds is 10. The van der Waals surface area contributed by atoms with Crippen molar-refractivity contribution in [3.05, 3.63) is 23.8 Å². The molecular formula is C20H27NO9. The van der Waals surface area contributed by atoms with Crippen molar-refractivity contribution in [2.24, 2.45) is 5.73 Å². The molecule has 30 heavy (non-hydrogen) atoms. The number of ether oxygens (including phenoxy) is 5. The average Bonchev–Trinajstić information content (AvgIpc) is 2.66. The first-order chi connectivity index (χ1) is 14.1. The van der Waals surface area contributed by atoms with Gasteiger partial charge in [-0.1, -0.05) is 13.0 Å². The van der Waals surface area contributed by atoms with Gasteiger partial charge in [0.1, 0.15) is 5.54 Å². The first kappa shape index (κ1) is 24.9. The van der Waals surface area contributed by atoms with Crippen LogP contribution in [0.5, 0.6) is 11.5 Å². The second-order valence-electron chi connectivity index (χ2n) is 6.49. The van der Waals surface area contributed by atoms with Gasteiger partial charge in [-0.3, -0.25) is 14.4 Å². The molecule has 0 aliphatic heterocycles. The number of benzene rings is 1. The molecule has 0 aliphatic rings. The highest BCUT2D eigenvalue weighted by molar-refractivity contribution is 5.81. The standard InChI is InChI=1S/C20H27NO9/c1-5-9-27-19(25)28-10-8-20(21,18(24)26-4)12-15-6-7-16(29-13(2)22)17(11-15)30-14(3)23/h6-7,11H,5,8-10,12,21H2,1-4H3/t20-/m1/s1. The molecule has 10 heteroatoms. The van der Waals surface area contributed by atoms with Crippen LogP contribution in [0.1, 0.15) is 39.2 Å². The van der Waals surface area contributed by atoms with Gasteiger partial charge < -0.3 is 29.4 Å². The fourth-order valence-corrected chi connectivity index (χ4v) is 2.51. The maximum Gasteiger partial charge on any atom is 0.508 e. The first-order valence-corrected chi connectivity index (χ1v) is 9.28. The zero-order valence-electron chi connectivity index (χ0n) is 17.5. The van der Waals surface area contributed by atoms with E-state index in [-0.39, 0.29) is 37.6 Å². The van der Waals surface area contributed by atoms with Crippen molar-refractivity contribution in [2.45, 2.75) is 45.6 Å². The molecule has 2 N–H and O–H groups in total. The van der Waals surface area contributed by atoms with Gasteiger partial charge in [-0.05, 0) is 24.1 Å². The molecule has 1 atom stereocenters. The summed E-state index contributed by atoms with van der Waals surface area (Å²) in [5, 5.41) is 0. The van der Waals surface area contributed by atoms with Crippen LogP contribution in [0.2, 0.25) is 0 Å². The summed E-state index contributed by atoms with van der Waals surface area (Å²) in [6.45, 7) is 4.29. The molecule has 166 valence electrons.